The van der Waals surface area contributed by atoms with E-state index in [0.29, 0.717) is 19.0 Å². The summed E-state index contributed by atoms with van der Waals surface area (Å²) in [5.41, 5.74) is 5.77. The molecule has 3 nitrogen and oxygen atoms in total. The third-order valence-electron chi connectivity index (χ3n) is 3.73. The Labute approximate surface area is 111 Å². The van der Waals surface area contributed by atoms with Gasteiger partial charge in [0.2, 0.25) is 0 Å². The highest BCUT2D eigenvalue weighted by molar-refractivity contribution is 5.94. The van der Waals surface area contributed by atoms with Crippen molar-refractivity contribution in [1.82, 2.24) is 4.90 Å². The molecular weight excluding hydrogens is 250 g/mol. The number of nitrogens with two attached hydrogens (primary N) is 1. The average molecular weight is 268 g/mol. The number of benzene rings is 1. The number of carbonyl (C=O) groups excluding carboxylic acids is 1. The predicted octanol–water partition coefficient (Wildman–Crippen LogP) is 2.16. The molecule has 0 spiro atoms. The van der Waals surface area contributed by atoms with Crippen LogP contribution in [-0.4, -0.2) is 29.9 Å². The first-order valence-corrected chi connectivity index (χ1v) is 6.49. The van der Waals surface area contributed by atoms with Crippen LogP contribution in [-0.2, 0) is 0 Å². The van der Waals surface area contributed by atoms with Gasteiger partial charge >= 0.3 is 0 Å². The Kier molecular flexibility index (Phi) is 4.14. The molecule has 0 aliphatic carbocycles. The van der Waals surface area contributed by atoms with Gasteiger partial charge in [-0.25, -0.2) is 8.78 Å². The molecule has 5 heteroatoms. The molecule has 1 atom stereocenters. The number of rotatable bonds is 2. The van der Waals surface area contributed by atoms with Crippen LogP contribution in [0.25, 0.3) is 0 Å². The number of carbonyl (C=O) groups is 1. The van der Waals surface area contributed by atoms with Crippen molar-refractivity contribution in [3.8, 4) is 0 Å². The zero-order valence-electron chi connectivity index (χ0n) is 10.9. The van der Waals surface area contributed by atoms with E-state index in [1.54, 1.807) is 4.90 Å². The van der Waals surface area contributed by atoms with Crippen molar-refractivity contribution in [2.45, 2.75) is 25.8 Å². The summed E-state index contributed by atoms with van der Waals surface area (Å²) in [6, 6.07) is 3.15. The lowest BCUT2D eigenvalue weighted by molar-refractivity contribution is 0.0676. The van der Waals surface area contributed by atoms with Crippen LogP contribution in [0.1, 0.15) is 30.1 Å². The molecule has 19 heavy (non-hydrogen) atoms. The van der Waals surface area contributed by atoms with Gasteiger partial charge in [0.1, 0.15) is 11.6 Å². The molecular formula is C14H18F2N2O. The van der Waals surface area contributed by atoms with Crippen molar-refractivity contribution in [3.63, 3.8) is 0 Å². The second kappa shape index (κ2) is 5.65. The quantitative estimate of drug-likeness (QED) is 0.893. The number of amides is 1. The number of nitrogens with zero attached hydrogens (tertiary/aromatic N) is 1. The Morgan fingerprint density at radius 1 is 1.37 bits per heavy atom. The molecule has 1 heterocycles. The van der Waals surface area contributed by atoms with Gasteiger partial charge in [0, 0.05) is 25.2 Å². The van der Waals surface area contributed by atoms with Gasteiger partial charge < -0.3 is 10.6 Å². The third kappa shape index (κ3) is 3.10. The Balaban J connectivity index is 2.05. The highest BCUT2D eigenvalue weighted by atomic mass is 19.1. The molecule has 1 aliphatic heterocycles. The van der Waals surface area contributed by atoms with E-state index in [1.165, 1.54) is 6.07 Å². The Hall–Kier alpha value is -1.49. The molecule has 104 valence electrons. The van der Waals surface area contributed by atoms with Gasteiger partial charge in [0.05, 0.1) is 5.56 Å². The first kappa shape index (κ1) is 13.9. The molecule has 1 saturated heterocycles. The van der Waals surface area contributed by atoms with E-state index in [0.717, 1.165) is 25.0 Å². The minimum absolute atomic E-state index is 0.0688. The second-order valence-electron chi connectivity index (χ2n) is 5.11. The summed E-state index contributed by atoms with van der Waals surface area (Å²) in [6.45, 7) is 3.10. The van der Waals surface area contributed by atoms with Gasteiger partial charge in [-0.05, 0) is 37.8 Å². The highest BCUT2D eigenvalue weighted by Gasteiger charge is 2.26. The average Bonchev–Trinajstić information content (AvgIpc) is 2.38. The summed E-state index contributed by atoms with van der Waals surface area (Å²) >= 11 is 0. The van der Waals surface area contributed by atoms with Crippen molar-refractivity contribution < 1.29 is 13.6 Å². The smallest absolute Gasteiger partial charge is 0.256 e. The zero-order valence-corrected chi connectivity index (χ0v) is 10.9. The minimum Gasteiger partial charge on any atom is -0.339 e. The fourth-order valence-corrected chi connectivity index (χ4v) is 2.46. The summed E-state index contributed by atoms with van der Waals surface area (Å²) in [6.07, 6.45) is 1.65. The van der Waals surface area contributed by atoms with E-state index in [-0.39, 0.29) is 17.5 Å². The summed E-state index contributed by atoms with van der Waals surface area (Å²) in [7, 11) is 0. The third-order valence-corrected chi connectivity index (χ3v) is 3.73. The van der Waals surface area contributed by atoms with E-state index in [2.05, 4.69) is 0 Å². The number of halogens is 2. The van der Waals surface area contributed by atoms with E-state index in [1.807, 2.05) is 6.92 Å². The van der Waals surface area contributed by atoms with Gasteiger partial charge in [0.25, 0.3) is 5.91 Å². The van der Waals surface area contributed by atoms with E-state index >= 15 is 0 Å². The lowest BCUT2D eigenvalue weighted by Crippen LogP contribution is -2.42. The van der Waals surface area contributed by atoms with Crippen molar-refractivity contribution >= 4 is 5.91 Å². The lowest BCUT2D eigenvalue weighted by Gasteiger charge is -2.33. The molecule has 1 aromatic rings. The molecule has 0 aromatic heterocycles. The van der Waals surface area contributed by atoms with E-state index in [9.17, 15) is 13.6 Å². The van der Waals surface area contributed by atoms with Crippen LogP contribution in [0.15, 0.2) is 18.2 Å². The molecule has 1 fully saturated rings. The number of hydrogen-bond donors (Lipinski definition) is 1. The topological polar surface area (TPSA) is 46.3 Å². The highest BCUT2D eigenvalue weighted by Crippen LogP contribution is 2.22. The normalized spacial score (nSPS) is 18.4. The van der Waals surface area contributed by atoms with Crippen molar-refractivity contribution in [1.29, 1.82) is 0 Å². The van der Waals surface area contributed by atoms with Gasteiger partial charge in [-0.15, -0.1) is 0 Å². The van der Waals surface area contributed by atoms with Gasteiger partial charge in [-0.1, -0.05) is 0 Å². The van der Waals surface area contributed by atoms with Crippen LogP contribution in [0.2, 0.25) is 0 Å². The number of piperidine rings is 1. The summed E-state index contributed by atoms with van der Waals surface area (Å²) in [4.78, 5) is 13.7. The summed E-state index contributed by atoms with van der Waals surface area (Å²) in [5.74, 6) is -1.45. The molecule has 1 aliphatic rings. The van der Waals surface area contributed by atoms with Crippen LogP contribution in [0.5, 0.6) is 0 Å². The maximum atomic E-state index is 13.6. The summed E-state index contributed by atoms with van der Waals surface area (Å²) in [5, 5.41) is 0. The van der Waals surface area contributed by atoms with Crippen LogP contribution in [0.3, 0.4) is 0 Å². The van der Waals surface area contributed by atoms with Crippen LogP contribution < -0.4 is 5.73 Å². The predicted molar refractivity (Wildman–Crippen MR) is 68.6 cm³/mol. The number of hydrogen-bond acceptors (Lipinski definition) is 2. The van der Waals surface area contributed by atoms with Gasteiger partial charge in [-0.3, -0.25) is 4.79 Å². The molecule has 2 N–H and O–H groups in total. The van der Waals surface area contributed by atoms with E-state index in [4.69, 9.17) is 5.73 Å². The largest absolute Gasteiger partial charge is 0.339 e. The van der Waals surface area contributed by atoms with Gasteiger partial charge in [-0.2, -0.15) is 0 Å². The van der Waals surface area contributed by atoms with Crippen molar-refractivity contribution in [2.24, 2.45) is 11.7 Å². The Bertz CT molecular complexity index is 469. The van der Waals surface area contributed by atoms with Crippen LogP contribution >= 0.6 is 0 Å². The maximum absolute atomic E-state index is 13.6. The SMILES string of the molecule is CC(N)C1CCN(C(=O)c2ccc(F)cc2F)CC1. The molecule has 1 amide bonds. The van der Waals surface area contributed by atoms with E-state index < -0.39 is 11.6 Å². The maximum Gasteiger partial charge on any atom is 0.256 e. The van der Waals surface area contributed by atoms with Crippen molar-refractivity contribution in [3.05, 3.63) is 35.4 Å². The first-order valence-electron chi connectivity index (χ1n) is 6.49. The van der Waals surface area contributed by atoms with Gasteiger partial charge in [0.15, 0.2) is 0 Å². The Morgan fingerprint density at radius 3 is 2.53 bits per heavy atom. The fourth-order valence-electron chi connectivity index (χ4n) is 2.46. The molecule has 0 bridgehead atoms. The second-order valence-corrected chi connectivity index (χ2v) is 5.11. The monoisotopic (exact) mass is 268 g/mol. The zero-order chi connectivity index (χ0) is 14.0. The lowest BCUT2D eigenvalue weighted by atomic mass is 9.90. The summed E-state index contributed by atoms with van der Waals surface area (Å²) < 4.78 is 26.4. The molecule has 1 aromatic carbocycles. The molecule has 0 saturated carbocycles. The van der Waals surface area contributed by atoms with Crippen LogP contribution in [0, 0.1) is 17.6 Å². The Morgan fingerprint density at radius 2 is 2.00 bits per heavy atom. The minimum atomic E-state index is -0.806. The van der Waals surface area contributed by atoms with Crippen molar-refractivity contribution in [2.75, 3.05) is 13.1 Å². The number of likely N-dealkylation sites (tertiary alicyclic amines) is 1. The fraction of sp³-hybridized carbons (Fsp3) is 0.500. The molecule has 2 rings (SSSR count). The molecule has 1 unspecified atom stereocenters. The standard InChI is InChI=1S/C14H18F2N2O/c1-9(17)10-4-6-18(7-5-10)14(19)12-3-2-11(15)8-13(12)16/h2-3,8-10H,4-7,17H2,1H3. The first-order chi connectivity index (χ1) is 8.99. The van der Waals surface area contributed by atoms with Crippen LogP contribution in [0.4, 0.5) is 8.78 Å². The molecule has 0 radical (unpaired) electrons.